The highest BCUT2D eigenvalue weighted by molar-refractivity contribution is 7.26. The van der Waals surface area contributed by atoms with E-state index in [9.17, 15) is 0 Å². The van der Waals surface area contributed by atoms with Gasteiger partial charge in [0.2, 0.25) is 0 Å². The zero-order valence-corrected chi connectivity index (χ0v) is 24.0. The van der Waals surface area contributed by atoms with Crippen LogP contribution in [0.1, 0.15) is 56.6 Å². The van der Waals surface area contributed by atoms with Crippen molar-refractivity contribution in [2.24, 2.45) is 0 Å². The third-order valence-corrected chi connectivity index (χ3v) is 9.61. The van der Waals surface area contributed by atoms with Crippen molar-refractivity contribution in [2.75, 3.05) is 0 Å². The van der Waals surface area contributed by atoms with E-state index >= 15 is 0 Å². The number of nitrogens with zero attached hydrogens (tertiary/aromatic N) is 1. The van der Waals surface area contributed by atoms with Crippen LogP contribution in [0.3, 0.4) is 0 Å². The Morgan fingerprint density at radius 1 is 0.575 bits per heavy atom. The van der Waals surface area contributed by atoms with Gasteiger partial charge >= 0.3 is 0 Å². The summed E-state index contributed by atoms with van der Waals surface area (Å²) in [6, 6.07) is 35.9. The lowest BCUT2D eigenvalue weighted by molar-refractivity contribution is 0.571. The SMILES string of the molecule is CCCCCCCCn1c2cc(/C=C/c3ccccc3)ccc2c2ccc3c(ccc4c5ccccc5sc43)c21. The maximum Gasteiger partial charge on any atom is 0.0571 e. The summed E-state index contributed by atoms with van der Waals surface area (Å²) in [7, 11) is 0. The summed E-state index contributed by atoms with van der Waals surface area (Å²) in [4.78, 5) is 0. The van der Waals surface area contributed by atoms with Crippen LogP contribution in [0.15, 0.2) is 97.1 Å². The van der Waals surface area contributed by atoms with Crippen molar-refractivity contribution in [3.8, 4) is 0 Å². The average Bonchev–Trinajstić information content (AvgIpc) is 3.54. The van der Waals surface area contributed by atoms with Gasteiger partial charge in [-0.05, 0) is 29.7 Å². The first-order chi connectivity index (χ1) is 19.8. The molecule has 40 heavy (non-hydrogen) atoms. The largest absolute Gasteiger partial charge is 0.340 e. The molecule has 0 spiro atoms. The first-order valence-corrected chi connectivity index (χ1v) is 15.7. The molecule has 0 N–H and O–H groups in total. The Bertz CT molecular complexity index is 1990. The molecule has 2 heteroatoms. The Labute approximate surface area is 240 Å². The van der Waals surface area contributed by atoms with E-state index in [1.54, 1.807) is 0 Å². The van der Waals surface area contributed by atoms with Crippen LogP contribution >= 0.6 is 11.3 Å². The number of thiophene rings is 1. The topological polar surface area (TPSA) is 4.93 Å². The molecule has 7 rings (SSSR count). The summed E-state index contributed by atoms with van der Waals surface area (Å²) in [5.41, 5.74) is 5.22. The number of hydrogen-bond donors (Lipinski definition) is 0. The lowest BCUT2D eigenvalue weighted by Crippen LogP contribution is -1.98. The summed E-state index contributed by atoms with van der Waals surface area (Å²) in [5.74, 6) is 0. The second-order valence-corrected chi connectivity index (χ2v) is 12.1. The van der Waals surface area contributed by atoms with E-state index in [1.807, 2.05) is 11.3 Å². The summed E-state index contributed by atoms with van der Waals surface area (Å²) in [5, 5.41) is 8.22. The Morgan fingerprint density at radius 2 is 1.23 bits per heavy atom. The van der Waals surface area contributed by atoms with Crippen LogP contribution in [-0.4, -0.2) is 4.57 Å². The predicted molar refractivity (Wildman–Crippen MR) is 179 cm³/mol. The highest BCUT2D eigenvalue weighted by Gasteiger charge is 2.16. The van der Waals surface area contributed by atoms with Crippen molar-refractivity contribution in [1.29, 1.82) is 0 Å². The third-order valence-electron chi connectivity index (χ3n) is 8.39. The van der Waals surface area contributed by atoms with Crippen molar-refractivity contribution in [2.45, 2.75) is 52.0 Å². The zero-order chi connectivity index (χ0) is 26.9. The van der Waals surface area contributed by atoms with E-state index in [2.05, 4.69) is 121 Å². The summed E-state index contributed by atoms with van der Waals surface area (Å²) in [6.07, 6.45) is 12.3. The molecule has 5 aromatic carbocycles. The lowest BCUT2D eigenvalue weighted by atomic mass is 10.0. The van der Waals surface area contributed by atoms with Crippen LogP contribution in [0.25, 0.3) is 64.9 Å². The number of hydrogen-bond acceptors (Lipinski definition) is 1. The zero-order valence-electron chi connectivity index (χ0n) is 23.2. The minimum absolute atomic E-state index is 1.06. The van der Waals surface area contributed by atoms with Gasteiger partial charge in [0.15, 0.2) is 0 Å². The van der Waals surface area contributed by atoms with Gasteiger partial charge in [0.25, 0.3) is 0 Å². The summed E-state index contributed by atoms with van der Waals surface area (Å²) < 4.78 is 5.40. The van der Waals surface area contributed by atoms with Crippen LogP contribution in [0, 0.1) is 0 Å². The molecular weight excluding hydrogens is 502 g/mol. The molecule has 0 aliphatic heterocycles. The van der Waals surface area contributed by atoms with Crippen LogP contribution in [-0.2, 0) is 6.54 Å². The molecule has 0 saturated carbocycles. The Morgan fingerprint density at radius 3 is 2.08 bits per heavy atom. The first-order valence-electron chi connectivity index (χ1n) is 14.8. The molecule has 1 nitrogen and oxygen atoms in total. The highest BCUT2D eigenvalue weighted by atomic mass is 32.1. The standard InChI is InChI=1S/C38H35NS/c1-2-3-4-5-6-12-25-39-35-26-28(18-17-27-13-8-7-9-14-27)19-20-29(35)31-21-24-34-32(37(31)39)22-23-33-30-15-10-11-16-36(30)40-38(33)34/h7-11,13-24,26H,2-6,12,25H2,1H3/b18-17+. The second kappa shape index (κ2) is 10.9. The van der Waals surface area contributed by atoms with Gasteiger partial charge in [-0.15, -0.1) is 11.3 Å². The maximum absolute atomic E-state index is 2.63. The van der Waals surface area contributed by atoms with E-state index in [-0.39, 0.29) is 0 Å². The van der Waals surface area contributed by atoms with Crippen molar-refractivity contribution < 1.29 is 0 Å². The van der Waals surface area contributed by atoms with Gasteiger partial charge in [-0.1, -0.05) is 136 Å². The number of aromatic nitrogens is 1. The van der Waals surface area contributed by atoms with Crippen LogP contribution in [0.5, 0.6) is 0 Å². The van der Waals surface area contributed by atoms with Crippen molar-refractivity contribution in [3.63, 3.8) is 0 Å². The minimum atomic E-state index is 1.06. The van der Waals surface area contributed by atoms with Gasteiger partial charge in [-0.3, -0.25) is 0 Å². The number of fused-ring (bicyclic) bond motifs is 9. The van der Waals surface area contributed by atoms with Crippen molar-refractivity contribution in [3.05, 3.63) is 108 Å². The van der Waals surface area contributed by atoms with E-state index in [0.29, 0.717) is 0 Å². The summed E-state index contributed by atoms with van der Waals surface area (Å²) >= 11 is 1.93. The first kappa shape index (κ1) is 25.1. The molecule has 0 fully saturated rings. The van der Waals surface area contributed by atoms with Gasteiger partial charge in [0.1, 0.15) is 0 Å². The van der Waals surface area contributed by atoms with Crippen LogP contribution in [0.2, 0.25) is 0 Å². The molecule has 0 unspecified atom stereocenters. The van der Waals surface area contributed by atoms with Gasteiger partial charge in [-0.2, -0.15) is 0 Å². The smallest absolute Gasteiger partial charge is 0.0571 e. The molecule has 0 bridgehead atoms. The van der Waals surface area contributed by atoms with E-state index in [1.165, 1.54) is 102 Å². The molecule has 0 saturated heterocycles. The molecule has 0 aliphatic carbocycles. The lowest BCUT2D eigenvalue weighted by Gasteiger charge is -2.11. The molecule has 0 aliphatic rings. The molecule has 7 aromatic rings. The number of unbranched alkanes of at least 4 members (excludes halogenated alkanes) is 5. The predicted octanol–water partition coefficient (Wildman–Crippen LogP) is 11.8. The maximum atomic E-state index is 2.63. The molecular formula is C38H35NS. The Hall–Kier alpha value is -3.88. The van der Waals surface area contributed by atoms with Crippen LogP contribution < -0.4 is 0 Å². The van der Waals surface area contributed by atoms with Gasteiger partial charge in [0, 0.05) is 53.8 Å². The normalized spacial score (nSPS) is 12.2. The summed E-state index contributed by atoms with van der Waals surface area (Å²) in [6.45, 7) is 3.35. The number of rotatable bonds is 9. The van der Waals surface area contributed by atoms with Crippen molar-refractivity contribution >= 4 is 76.2 Å². The fourth-order valence-electron chi connectivity index (χ4n) is 6.34. The quantitative estimate of drug-likeness (QED) is 0.127. The molecule has 2 heterocycles. The van der Waals surface area contributed by atoms with Crippen LogP contribution in [0.4, 0.5) is 0 Å². The molecule has 0 radical (unpaired) electrons. The number of benzene rings is 5. The monoisotopic (exact) mass is 537 g/mol. The van der Waals surface area contributed by atoms with Gasteiger partial charge in [0.05, 0.1) is 5.52 Å². The van der Waals surface area contributed by atoms with E-state index < -0.39 is 0 Å². The molecule has 2 aromatic heterocycles. The van der Waals surface area contributed by atoms with E-state index in [0.717, 1.165) is 6.54 Å². The molecule has 0 amide bonds. The highest BCUT2D eigenvalue weighted by Crippen LogP contribution is 2.42. The minimum Gasteiger partial charge on any atom is -0.340 e. The average molecular weight is 538 g/mol. The van der Waals surface area contributed by atoms with Gasteiger partial charge < -0.3 is 4.57 Å². The second-order valence-electron chi connectivity index (χ2n) is 11.0. The fraction of sp³-hybridized carbons (Fsp3) is 0.211. The Kier molecular flexibility index (Phi) is 6.87. The van der Waals surface area contributed by atoms with Crippen molar-refractivity contribution in [1.82, 2.24) is 4.57 Å². The van der Waals surface area contributed by atoms with Gasteiger partial charge in [-0.25, -0.2) is 0 Å². The van der Waals surface area contributed by atoms with E-state index in [4.69, 9.17) is 0 Å². The molecule has 198 valence electrons. The molecule has 0 atom stereocenters. The Balaban J connectivity index is 1.39. The number of aryl methyl sites for hydroxylation is 1. The third kappa shape index (κ3) is 4.51. The fourth-order valence-corrected chi connectivity index (χ4v) is 7.57.